The van der Waals surface area contributed by atoms with Crippen molar-refractivity contribution < 1.29 is 19.4 Å². The van der Waals surface area contributed by atoms with Crippen LogP contribution in [-0.4, -0.2) is 71.7 Å². The summed E-state index contributed by atoms with van der Waals surface area (Å²) in [7, 11) is 0. The highest BCUT2D eigenvalue weighted by atomic mass is 16.5. The van der Waals surface area contributed by atoms with Gasteiger partial charge in [-0.2, -0.15) is 0 Å². The molecule has 2 N–H and O–H groups in total. The molecule has 1 aromatic carbocycles. The first-order chi connectivity index (χ1) is 13.1. The molecule has 0 bridgehead atoms. The zero-order valence-corrected chi connectivity index (χ0v) is 15.9. The maximum Gasteiger partial charge on any atom is 0.237 e. The van der Waals surface area contributed by atoms with Gasteiger partial charge in [-0.15, -0.1) is 0 Å². The van der Waals surface area contributed by atoms with Gasteiger partial charge in [-0.1, -0.05) is 12.1 Å². The molecule has 2 saturated heterocycles. The minimum atomic E-state index is -0.454. The van der Waals surface area contributed by atoms with Gasteiger partial charge in [0.05, 0.1) is 25.2 Å². The van der Waals surface area contributed by atoms with E-state index in [2.05, 4.69) is 10.2 Å². The molecule has 3 rings (SSSR count). The van der Waals surface area contributed by atoms with Crippen molar-refractivity contribution in [2.75, 3.05) is 32.8 Å². The van der Waals surface area contributed by atoms with Crippen molar-refractivity contribution in [3.05, 3.63) is 29.8 Å². The SMILES string of the molecule is CCOc1ccc(CN2CCNC(=O)[C@H]2CC(=O)N2CCC(O)CC2)cc1. The molecule has 0 spiro atoms. The van der Waals surface area contributed by atoms with Gasteiger partial charge in [0.25, 0.3) is 0 Å². The average molecular weight is 375 g/mol. The topological polar surface area (TPSA) is 82.1 Å². The summed E-state index contributed by atoms with van der Waals surface area (Å²) in [6, 6.07) is 7.42. The number of aliphatic hydroxyl groups is 1. The molecule has 7 nitrogen and oxygen atoms in total. The molecule has 148 valence electrons. The maximum atomic E-state index is 12.7. The Balaban J connectivity index is 1.62. The third-order valence-corrected chi connectivity index (χ3v) is 5.25. The van der Waals surface area contributed by atoms with Crippen LogP contribution < -0.4 is 10.1 Å². The molecule has 7 heteroatoms. The van der Waals surface area contributed by atoms with E-state index in [4.69, 9.17) is 4.74 Å². The molecule has 0 saturated carbocycles. The van der Waals surface area contributed by atoms with Crippen molar-refractivity contribution in [3.8, 4) is 5.75 Å². The second-order valence-electron chi connectivity index (χ2n) is 7.17. The fraction of sp³-hybridized carbons (Fsp3) is 0.600. The molecule has 0 unspecified atom stereocenters. The van der Waals surface area contributed by atoms with E-state index in [1.54, 1.807) is 4.90 Å². The zero-order chi connectivity index (χ0) is 19.2. The van der Waals surface area contributed by atoms with E-state index in [-0.39, 0.29) is 24.3 Å². The van der Waals surface area contributed by atoms with Gasteiger partial charge < -0.3 is 20.1 Å². The lowest BCUT2D eigenvalue weighted by atomic mass is 10.0. The fourth-order valence-electron chi connectivity index (χ4n) is 3.68. The Labute approximate surface area is 160 Å². The molecule has 1 atom stereocenters. The number of nitrogens with one attached hydrogen (secondary N) is 1. The second-order valence-corrected chi connectivity index (χ2v) is 7.17. The first-order valence-corrected chi connectivity index (χ1v) is 9.76. The lowest BCUT2D eigenvalue weighted by Crippen LogP contribution is -2.56. The number of carbonyl (C=O) groups is 2. The van der Waals surface area contributed by atoms with Crippen LogP contribution in [0.15, 0.2) is 24.3 Å². The first-order valence-electron chi connectivity index (χ1n) is 9.76. The molecule has 2 aliphatic rings. The molecule has 2 heterocycles. The van der Waals surface area contributed by atoms with Crippen LogP contribution in [0.2, 0.25) is 0 Å². The minimum Gasteiger partial charge on any atom is -0.494 e. The predicted molar refractivity (Wildman–Crippen MR) is 101 cm³/mol. The minimum absolute atomic E-state index is 0.0133. The second kappa shape index (κ2) is 9.19. The van der Waals surface area contributed by atoms with Crippen LogP contribution >= 0.6 is 0 Å². The zero-order valence-electron chi connectivity index (χ0n) is 15.9. The summed E-state index contributed by atoms with van der Waals surface area (Å²) in [5.74, 6) is 0.731. The van der Waals surface area contributed by atoms with E-state index in [0.717, 1.165) is 17.9 Å². The summed E-state index contributed by atoms with van der Waals surface area (Å²) in [6.07, 6.45) is 1.08. The summed E-state index contributed by atoms with van der Waals surface area (Å²) >= 11 is 0. The van der Waals surface area contributed by atoms with Crippen LogP contribution in [0.4, 0.5) is 0 Å². The van der Waals surface area contributed by atoms with Gasteiger partial charge in [-0.3, -0.25) is 14.5 Å². The standard InChI is InChI=1S/C20H29N3O4/c1-2-27-17-5-3-15(4-6-17)14-23-12-9-21-20(26)18(23)13-19(25)22-10-7-16(24)8-11-22/h3-6,16,18,24H,2,7-14H2,1H3,(H,21,26)/t18-/m1/s1. The summed E-state index contributed by atoms with van der Waals surface area (Å²) in [5, 5.41) is 12.5. The Hall–Kier alpha value is -2.12. The number of hydrogen-bond donors (Lipinski definition) is 2. The van der Waals surface area contributed by atoms with Crippen molar-refractivity contribution in [2.24, 2.45) is 0 Å². The normalized spacial score (nSPS) is 21.8. The van der Waals surface area contributed by atoms with Gasteiger partial charge >= 0.3 is 0 Å². The van der Waals surface area contributed by atoms with Crippen LogP contribution in [-0.2, 0) is 16.1 Å². The Kier molecular flexibility index (Phi) is 6.68. The van der Waals surface area contributed by atoms with Gasteiger partial charge in [0.2, 0.25) is 11.8 Å². The van der Waals surface area contributed by atoms with Crippen LogP contribution in [0.3, 0.4) is 0 Å². The summed E-state index contributed by atoms with van der Waals surface area (Å²) in [4.78, 5) is 28.9. The molecule has 1 aromatic rings. The van der Waals surface area contributed by atoms with Crippen molar-refractivity contribution in [3.63, 3.8) is 0 Å². The Bertz CT molecular complexity index is 641. The van der Waals surface area contributed by atoms with E-state index in [1.807, 2.05) is 31.2 Å². The van der Waals surface area contributed by atoms with Crippen LogP contribution in [0.25, 0.3) is 0 Å². The van der Waals surface area contributed by atoms with E-state index < -0.39 is 6.04 Å². The van der Waals surface area contributed by atoms with E-state index in [0.29, 0.717) is 45.6 Å². The van der Waals surface area contributed by atoms with E-state index in [9.17, 15) is 14.7 Å². The summed E-state index contributed by atoms with van der Waals surface area (Å²) in [6.45, 7) is 5.64. The number of benzene rings is 1. The van der Waals surface area contributed by atoms with Crippen LogP contribution in [0, 0.1) is 0 Å². The summed E-state index contributed by atoms with van der Waals surface area (Å²) in [5.41, 5.74) is 1.09. The fourth-order valence-corrected chi connectivity index (χ4v) is 3.68. The predicted octanol–water partition coefficient (Wildman–Crippen LogP) is 0.759. The Morgan fingerprint density at radius 2 is 1.93 bits per heavy atom. The first kappa shape index (κ1) is 19.6. The number of nitrogens with zero attached hydrogens (tertiary/aromatic N) is 2. The third-order valence-electron chi connectivity index (χ3n) is 5.25. The lowest BCUT2D eigenvalue weighted by molar-refractivity contribution is -0.140. The molecule has 2 fully saturated rings. The highest BCUT2D eigenvalue weighted by molar-refractivity contribution is 5.88. The molecule has 2 aliphatic heterocycles. The van der Waals surface area contributed by atoms with Crippen molar-refractivity contribution in [1.82, 2.24) is 15.1 Å². The molecule has 2 amide bonds. The molecular formula is C20H29N3O4. The molecular weight excluding hydrogens is 346 g/mol. The number of rotatable bonds is 6. The van der Waals surface area contributed by atoms with Crippen molar-refractivity contribution in [2.45, 2.75) is 44.9 Å². The van der Waals surface area contributed by atoms with Gasteiger partial charge in [0, 0.05) is 32.7 Å². The number of amides is 2. The lowest BCUT2D eigenvalue weighted by Gasteiger charge is -2.36. The van der Waals surface area contributed by atoms with Gasteiger partial charge in [0.1, 0.15) is 5.75 Å². The quantitative estimate of drug-likeness (QED) is 0.767. The number of aliphatic hydroxyl groups excluding tert-OH is 1. The largest absolute Gasteiger partial charge is 0.494 e. The van der Waals surface area contributed by atoms with Crippen LogP contribution in [0.1, 0.15) is 31.7 Å². The summed E-state index contributed by atoms with van der Waals surface area (Å²) < 4.78 is 5.47. The number of hydrogen-bond acceptors (Lipinski definition) is 5. The molecule has 0 aliphatic carbocycles. The molecule has 27 heavy (non-hydrogen) atoms. The number of piperidine rings is 1. The smallest absolute Gasteiger partial charge is 0.237 e. The monoisotopic (exact) mass is 375 g/mol. The average Bonchev–Trinajstić information content (AvgIpc) is 2.67. The number of likely N-dealkylation sites (tertiary alicyclic amines) is 1. The third kappa shape index (κ3) is 5.20. The number of carbonyl (C=O) groups excluding carboxylic acids is 2. The number of piperazine rings is 1. The van der Waals surface area contributed by atoms with E-state index in [1.165, 1.54) is 0 Å². The number of ether oxygens (including phenoxy) is 1. The van der Waals surface area contributed by atoms with Gasteiger partial charge in [-0.25, -0.2) is 0 Å². The Morgan fingerprint density at radius 3 is 2.59 bits per heavy atom. The van der Waals surface area contributed by atoms with Crippen molar-refractivity contribution in [1.29, 1.82) is 0 Å². The van der Waals surface area contributed by atoms with Crippen molar-refractivity contribution >= 4 is 11.8 Å². The Morgan fingerprint density at radius 1 is 1.22 bits per heavy atom. The van der Waals surface area contributed by atoms with E-state index >= 15 is 0 Å². The highest BCUT2D eigenvalue weighted by Gasteiger charge is 2.33. The highest BCUT2D eigenvalue weighted by Crippen LogP contribution is 2.19. The molecule has 0 aromatic heterocycles. The van der Waals surface area contributed by atoms with Crippen LogP contribution in [0.5, 0.6) is 5.75 Å². The maximum absolute atomic E-state index is 12.7. The van der Waals surface area contributed by atoms with Gasteiger partial charge in [-0.05, 0) is 37.5 Å². The van der Waals surface area contributed by atoms with Gasteiger partial charge in [0.15, 0.2) is 0 Å². The molecule has 0 radical (unpaired) electrons.